The van der Waals surface area contributed by atoms with E-state index in [4.69, 9.17) is 40.0 Å². The lowest BCUT2D eigenvalue weighted by atomic mass is 9.98. The van der Waals surface area contributed by atoms with E-state index >= 15 is 0 Å². The predicted octanol–water partition coefficient (Wildman–Crippen LogP) is 7.76. The molecule has 5 rings (SSSR count). The zero-order valence-electron chi connectivity index (χ0n) is 28.3. The molecule has 13 nitrogen and oxygen atoms in total. The number of rotatable bonds is 12. The molecule has 1 aliphatic rings. The summed E-state index contributed by atoms with van der Waals surface area (Å²) in [6.07, 6.45) is -10.7. The molecule has 4 aromatic rings. The van der Waals surface area contributed by atoms with Gasteiger partial charge in [-0.2, -0.15) is 5.26 Å². The number of nitrogens with one attached hydrogen (secondary N) is 3. The highest BCUT2D eigenvalue weighted by molar-refractivity contribution is 6.30. The number of hydrogen-bond acceptors (Lipinski definition) is 10. The molecule has 1 heterocycles. The summed E-state index contributed by atoms with van der Waals surface area (Å²) < 4.78 is 76.8. The first-order chi connectivity index (χ1) is 26.0. The lowest BCUT2D eigenvalue weighted by molar-refractivity contribution is -0.308. The molecule has 3 N–H and O–H groups in total. The molecule has 17 heteroatoms. The van der Waals surface area contributed by atoms with Crippen molar-refractivity contribution in [2.24, 2.45) is 0 Å². The molecule has 0 spiro atoms. The van der Waals surface area contributed by atoms with Crippen LogP contribution in [-0.4, -0.2) is 62.2 Å². The van der Waals surface area contributed by atoms with Gasteiger partial charge in [0, 0.05) is 29.1 Å². The van der Waals surface area contributed by atoms with Crippen molar-refractivity contribution in [3.63, 3.8) is 0 Å². The minimum atomic E-state index is -1.63. The fourth-order valence-electron chi connectivity index (χ4n) is 5.17. The molecule has 5 atom stereocenters. The maximum Gasteiger partial charge on any atom is 0.412 e. The summed E-state index contributed by atoms with van der Waals surface area (Å²) in [6.45, 7) is 0.843. The third-order valence-electron chi connectivity index (χ3n) is 7.64. The van der Waals surface area contributed by atoms with Gasteiger partial charge in [-0.05, 0) is 79.2 Å². The zero-order valence-corrected chi connectivity index (χ0v) is 29.1. The lowest BCUT2D eigenvalue weighted by Gasteiger charge is -2.44. The number of hydrogen-bond donors (Lipinski definition) is 3. The molecule has 282 valence electrons. The van der Waals surface area contributed by atoms with Gasteiger partial charge in [-0.15, -0.1) is 0 Å². The van der Waals surface area contributed by atoms with Gasteiger partial charge in [-0.3, -0.25) is 16.0 Å². The van der Waals surface area contributed by atoms with Crippen LogP contribution in [0.5, 0.6) is 0 Å². The Morgan fingerprint density at radius 3 is 2.17 bits per heavy atom. The van der Waals surface area contributed by atoms with E-state index in [0.717, 1.165) is 12.1 Å². The molecule has 1 aliphatic heterocycles. The Morgan fingerprint density at radius 2 is 1.46 bits per heavy atom. The number of ether oxygens (including phenoxy) is 6. The Labute approximate surface area is 311 Å². The summed E-state index contributed by atoms with van der Waals surface area (Å²) >= 11 is 5.97. The van der Waals surface area contributed by atoms with Gasteiger partial charge >= 0.3 is 18.3 Å². The van der Waals surface area contributed by atoms with Crippen molar-refractivity contribution in [2.75, 3.05) is 29.2 Å². The maximum absolute atomic E-state index is 14.5. The van der Waals surface area contributed by atoms with Gasteiger partial charge in [0.05, 0.1) is 23.9 Å². The fourth-order valence-corrected chi connectivity index (χ4v) is 5.30. The number of benzene rings is 4. The van der Waals surface area contributed by atoms with Crippen LogP contribution < -0.4 is 16.0 Å². The average molecular weight is 769 g/mol. The first kappa shape index (κ1) is 39.3. The Kier molecular flexibility index (Phi) is 13.7. The third-order valence-corrected chi connectivity index (χ3v) is 7.89. The summed E-state index contributed by atoms with van der Waals surface area (Å²) in [7, 11) is 0. The van der Waals surface area contributed by atoms with Gasteiger partial charge in [0.1, 0.15) is 36.3 Å². The van der Waals surface area contributed by atoms with E-state index in [9.17, 15) is 32.8 Å². The van der Waals surface area contributed by atoms with Crippen LogP contribution in [0, 0.1) is 28.8 Å². The van der Waals surface area contributed by atoms with Gasteiger partial charge in [0.25, 0.3) is 0 Å². The van der Waals surface area contributed by atoms with Crippen LogP contribution in [0.2, 0.25) is 5.02 Å². The normalized spacial score (nSPS) is 19.1. The second-order valence-corrected chi connectivity index (χ2v) is 11.9. The highest BCUT2D eigenvalue weighted by Gasteiger charge is 2.52. The second kappa shape index (κ2) is 18.8. The smallest absolute Gasteiger partial charge is 0.412 e. The van der Waals surface area contributed by atoms with Crippen LogP contribution in [0.4, 0.5) is 44.6 Å². The topological polar surface area (TPSA) is 166 Å². The van der Waals surface area contributed by atoms with E-state index in [-0.39, 0.29) is 30.2 Å². The quantitative estimate of drug-likeness (QED) is 0.121. The Balaban J connectivity index is 1.46. The molecule has 1 saturated heterocycles. The second-order valence-electron chi connectivity index (χ2n) is 11.4. The van der Waals surface area contributed by atoms with Gasteiger partial charge in [0.15, 0.2) is 18.5 Å². The number of carbonyl (C=O) groups is 3. The van der Waals surface area contributed by atoms with Crippen LogP contribution in [0.25, 0.3) is 0 Å². The number of carbonyl (C=O) groups excluding carboxylic acids is 3. The third kappa shape index (κ3) is 11.1. The van der Waals surface area contributed by atoms with Gasteiger partial charge in [0.2, 0.25) is 0 Å². The van der Waals surface area contributed by atoms with Gasteiger partial charge < -0.3 is 28.4 Å². The van der Waals surface area contributed by atoms with Crippen LogP contribution in [0.1, 0.15) is 18.1 Å². The first-order valence-corrected chi connectivity index (χ1v) is 16.6. The van der Waals surface area contributed by atoms with Crippen molar-refractivity contribution in [1.82, 2.24) is 0 Å². The average Bonchev–Trinajstić information content (AvgIpc) is 3.14. The van der Waals surface area contributed by atoms with Crippen molar-refractivity contribution in [1.29, 1.82) is 5.26 Å². The highest BCUT2D eigenvalue weighted by Crippen LogP contribution is 2.31. The standard InChI is InChI=1S/C37H32ClF3N4O9/c1-2-49-34-33(50-19-21-6-10-24(39)11-7-21)32(54-37(48)45-29-15-12-25(40)17-28(29)41)31(53-36(47)43-26-13-8-23(38)9-14-26)30(52-34)20-51-35(46)44-27-5-3-4-22(16-27)18-42/h3-17,30-34H,2,19-20H2,1H3,(H,43,47)(H,44,46)(H,45,48)/t30-,31-,32+,33-,34+/m1/s1. The number of halogens is 4. The maximum atomic E-state index is 14.5. The van der Waals surface area contributed by atoms with E-state index in [2.05, 4.69) is 16.0 Å². The number of amides is 3. The van der Waals surface area contributed by atoms with Crippen LogP contribution in [0.15, 0.2) is 91.0 Å². The molecule has 0 radical (unpaired) electrons. The zero-order chi connectivity index (χ0) is 38.6. The molecule has 4 aromatic carbocycles. The van der Waals surface area contributed by atoms with Crippen molar-refractivity contribution < 1.29 is 56.0 Å². The Bertz CT molecular complexity index is 1970. The van der Waals surface area contributed by atoms with E-state index in [1.54, 1.807) is 13.0 Å². The predicted molar refractivity (Wildman–Crippen MR) is 187 cm³/mol. The monoisotopic (exact) mass is 768 g/mol. The largest absolute Gasteiger partial charge is 0.446 e. The number of nitriles is 1. The summed E-state index contributed by atoms with van der Waals surface area (Å²) in [6, 6.07) is 21.7. The van der Waals surface area contributed by atoms with E-state index in [0.29, 0.717) is 16.7 Å². The SMILES string of the molecule is CCO[C@H]1O[C@H](COC(=O)Nc2cccc(C#N)c2)[C@@H](OC(=O)Nc2ccc(Cl)cc2)[C@H](OC(=O)Nc2ccc(F)cc2F)[C@H]1OCc1ccc(F)cc1. The lowest BCUT2D eigenvalue weighted by Crippen LogP contribution is -2.63. The van der Waals surface area contributed by atoms with Crippen molar-refractivity contribution >= 4 is 46.9 Å². The molecule has 0 aliphatic carbocycles. The van der Waals surface area contributed by atoms with E-state index in [1.807, 2.05) is 6.07 Å². The molecular formula is C37H32ClF3N4O9. The number of nitrogens with zero attached hydrogens (tertiary/aromatic N) is 1. The highest BCUT2D eigenvalue weighted by atomic mass is 35.5. The molecule has 54 heavy (non-hydrogen) atoms. The summed E-state index contributed by atoms with van der Waals surface area (Å²) in [5.41, 5.74) is 0.836. The van der Waals surface area contributed by atoms with Crippen molar-refractivity contribution in [3.05, 3.63) is 125 Å². The first-order valence-electron chi connectivity index (χ1n) is 16.2. The molecule has 3 amide bonds. The van der Waals surface area contributed by atoms with E-state index < -0.39 is 78.7 Å². The molecule has 0 aromatic heterocycles. The van der Waals surface area contributed by atoms with E-state index in [1.165, 1.54) is 66.7 Å². The molecule has 1 fully saturated rings. The number of anilines is 3. The summed E-state index contributed by atoms with van der Waals surface area (Å²) in [4.78, 5) is 39.6. The minimum absolute atomic E-state index is 0.0344. The molecular weight excluding hydrogens is 737 g/mol. The molecule has 0 saturated carbocycles. The minimum Gasteiger partial charge on any atom is -0.446 e. The van der Waals surface area contributed by atoms with Crippen LogP contribution in [-0.2, 0) is 35.0 Å². The summed E-state index contributed by atoms with van der Waals surface area (Å²) in [5.74, 6) is -2.50. The van der Waals surface area contributed by atoms with Gasteiger partial charge in [-0.1, -0.05) is 29.8 Å². The van der Waals surface area contributed by atoms with Crippen LogP contribution in [0.3, 0.4) is 0 Å². The van der Waals surface area contributed by atoms with Crippen molar-refractivity contribution in [3.8, 4) is 6.07 Å². The van der Waals surface area contributed by atoms with Crippen molar-refractivity contribution in [2.45, 2.75) is 44.2 Å². The van der Waals surface area contributed by atoms with Gasteiger partial charge in [-0.25, -0.2) is 27.6 Å². The Hall–Kier alpha value is -5.86. The molecule has 0 bridgehead atoms. The fraction of sp³-hybridized carbons (Fsp3) is 0.243. The Morgan fingerprint density at radius 1 is 0.778 bits per heavy atom. The summed E-state index contributed by atoms with van der Waals surface area (Å²) in [5, 5.41) is 16.8. The molecule has 0 unspecified atom stereocenters. The van der Waals surface area contributed by atoms with Crippen LogP contribution >= 0.6 is 11.6 Å².